The Balaban J connectivity index is 0.00000200. The van der Waals surface area contributed by atoms with Crippen LogP contribution < -0.4 is 5.73 Å². The molecule has 1 fully saturated rings. The molecule has 3 N–H and O–H groups in total. The number of halogens is 5. The predicted molar refractivity (Wildman–Crippen MR) is 74.0 cm³/mol. The van der Waals surface area contributed by atoms with Crippen LogP contribution in [0.15, 0.2) is 18.2 Å². The highest BCUT2D eigenvalue weighted by molar-refractivity contribution is 6.30. The highest BCUT2D eigenvalue weighted by Gasteiger charge is 2.34. The summed E-state index contributed by atoms with van der Waals surface area (Å²) in [6.45, 7) is 0. The van der Waals surface area contributed by atoms with Gasteiger partial charge in [-0.25, -0.2) is 0 Å². The molecule has 0 aromatic heterocycles. The number of hydrogen-bond acceptors (Lipinski definition) is 2. The monoisotopic (exact) mass is 329 g/mol. The lowest BCUT2D eigenvalue weighted by Gasteiger charge is -2.34. The lowest BCUT2D eigenvalue weighted by atomic mass is 9.77. The number of hydrogen-bond donors (Lipinski definition) is 2. The summed E-state index contributed by atoms with van der Waals surface area (Å²) in [7, 11) is 0. The number of rotatable bonds is 3. The molecule has 1 aromatic rings. The molecule has 0 radical (unpaired) electrons. The fourth-order valence-corrected chi connectivity index (χ4v) is 2.48. The first-order valence-electron chi connectivity index (χ1n) is 6.10. The molecule has 2 rings (SSSR count). The molecule has 2 nitrogen and oxygen atoms in total. The predicted octanol–water partition coefficient (Wildman–Crippen LogP) is 3.94. The first kappa shape index (κ1) is 17.6. The summed E-state index contributed by atoms with van der Waals surface area (Å²) in [6, 6.07) is 2.35. The van der Waals surface area contributed by atoms with Crippen molar-refractivity contribution in [1.82, 2.24) is 0 Å². The van der Waals surface area contributed by atoms with E-state index < -0.39 is 23.9 Å². The molecule has 0 unspecified atom stereocenters. The molecule has 0 bridgehead atoms. The SMILES string of the molecule is Cl.N[C@@H](c1cc(Cl)cc(C(F)(F)F)c1)[C@H](O)C1CCC1. The van der Waals surface area contributed by atoms with Crippen LogP contribution in [0, 0.1) is 5.92 Å². The molecule has 1 aliphatic carbocycles. The second-order valence-corrected chi connectivity index (χ2v) is 5.41. The number of benzene rings is 1. The molecule has 7 heteroatoms. The zero-order chi connectivity index (χ0) is 14.2. The molecule has 0 saturated heterocycles. The average molecular weight is 330 g/mol. The van der Waals surface area contributed by atoms with Gasteiger partial charge in [0.15, 0.2) is 0 Å². The van der Waals surface area contributed by atoms with Gasteiger partial charge in [0.1, 0.15) is 0 Å². The van der Waals surface area contributed by atoms with Crippen LogP contribution in [0.3, 0.4) is 0 Å². The molecule has 0 aliphatic heterocycles. The maximum absolute atomic E-state index is 12.7. The first-order chi connectivity index (χ1) is 8.79. The summed E-state index contributed by atoms with van der Waals surface area (Å²) in [4.78, 5) is 0. The van der Waals surface area contributed by atoms with Gasteiger partial charge in [-0.3, -0.25) is 0 Å². The quantitative estimate of drug-likeness (QED) is 0.882. The molecule has 0 amide bonds. The normalized spacial score (nSPS) is 18.9. The molecule has 0 spiro atoms. The fourth-order valence-electron chi connectivity index (χ4n) is 2.24. The summed E-state index contributed by atoms with van der Waals surface area (Å²) in [5.74, 6) is 0.0725. The van der Waals surface area contributed by atoms with Crippen LogP contribution in [0.25, 0.3) is 0 Å². The van der Waals surface area contributed by atoms with Gasteiger partial charge in [-0.05, 0) is 42.5 Å². The summed E-state index contributed by atoms with van der Waals surface area (Å²) in [6.07, 6.45) is -2.55. The zero-order valence-electron chi connectivity index (χ0n) is 10.5. The second-order valence-electron chi connectivity index (χ2n) is 4.98. The van der Waals surface area contributed by atoms with Crippen molar-refractivity contribution in [2.45, 2.75) is 37.6 Å². The van der Waals surface area contributed by atoms with Crippen molar-refractivity contribution < 1.29 is 18.3 Å². The van der Waals surface area contributed by atoms with E-state index >= 15 is 0 Å². The number of aliphatic hydroxyl groups excluding tert-OH is 1. The van der Waals surface area contributed by atoms with Crippen molar-refractivity contribution in [3.63, 3.8) is 0 Å². The molecule has 2 atom stereocenters. The van der Waals surface area contributed by atoms with E-state index in [4.69, 9.17) is 17.3 Å². The van der Waals surface area contributed by atoms with Gasteiger partial charge in [0.2, 0.25) is 0 Å². The number of alkyl halides is 3. The Kier molecular flexibility index (Phi) is 5.72. The van der Waals surface area contributed by atoms with E-state index in [2.05, 4.69) is 0 Å². The lowest BCUT2D eigenvalue weighted by Crippen LogP contribution is -2.36. The molecule has 1 aromatic carbocycles. The largest absolute Gasteiger partial charge is 0.416 e. The third-order valence-electron chi connectivity index (χ3n) is 3.63. The maximum Gasteiger partial charge on any atom is 0.416 e. The Morgan fingerprint density at radius 3 is 2.30 bits per heavy atom. The minimum Gasteiger partial charge on any atom is -0.391 e. The number of nitrogens with two attached hydrogens (primary N) is 1. The van der Waals surface area contributed by atoms with Crippen molar-refractivity contribution in [3.8, 4) is 0 Å². The summed E-state index contributed by atoms with van der Waals surface area (Å²) in [5, 5.41) is 10.00. The zero-order valence-corrected chi connectivity index (χ0v) is 12.1. The minimum atomic E-state index is -4.47. The highest BCUT2D eigenvalue weighted by atomic mass is 35.5. The van der Waals surface area contributed by atoms with Crippen molar-refractivity contribution >= 4 is 24.0 Å². The van der Waals surface area contributed by atoms with Gasteiger partial charge < -0.3 is 10.8 Å². The molecular formula is C13H16Cl2F3NO. The van der Waals surface area contributed by atoms with Gasteiger partial charge in [0.25, 0.3) is 0 Å². The molecule has 1 saturated carbocycles. The van der Waals surface area contributed by atoms with Gasteiger partial charge in [0, 0.05) is 5.02 Å². The van der Waals surface area contributed by atoms with Gasteiger partial charge in [-0.2, -0.15) is 13.2 Å². The lowest BCUT2D eigenvalue weighted by molar-refractivity contribution is -0.137. The van der Waals surface area contributed by atoms with Gasteiger partial charge in [-0.15, -0.1) is 12.4 Å². The Hall–Kier alpha value is -0.490. The summed E-state index contributed by atoms with van der Waals surface area (Å²) >= 11 is 5.70. The molecule has 114 valence electrons. The van der Waals surface area contributed by atoms with Gasteiger partial charge in [-0.1, -0.05) is 18.0 Å². The number of aliphatic hydroxyl groups is 1. The molecule has 20 heavy (non-hydrogen) atoms. The third-order valence-corrected chi connectivity index (χ3v) is 3.85. The van der Waals surface area contributed by atoms with E-state index in [0.29, 0.717) is 0 Å². The maximum atomic E-state index is 12.7. The summed E-state index contributed by atoms with van der Waals surface area (Å²) in [5.41, 5.74) is 5.23. The van der Waals surface area contributed by atoms with E-state index in [1.165, 1.54) is 6.07 Å². The van der Waals surface area contributed by atoms with Crippen LogP contribution in [0.5, 0.6) is 0 Å². The Morgan fingerprint density at radius 2 is 1.85 bits per heavy atom. The van der Waals surface area contributed by atoms with Crippen LogP contribution in [-0.4, -0.2) is 11.2 Å². The summed E-state index contributed by atoms with van der Waals surface area (Å²) < 4.78 is 38.1. The average Bonchev–Trinajstić information content (AvgIpc) is 2.23. The van der Waals surface area contributed by atoms with E-state index in [9.17, 15) is 18.3 Å². The molecule has 1 aliphatic rings. The van der Waals surface area contributed by atoms with Crippen molar-refractivity contribution in [1.29, 1.82) is 0 Å². The van der Waals surface area contributed by atoms with Gasteiger partial charge >= 0.3 is 6.18 Å². The van der Waals surface area contributed by atoms with E-state index in [-0.39, 0.29) is 28.9 Å². The van der Waals surface area contributed by atoms with Gasteiger partial charge in [0.05, 0.1) is 17.7 Å². The first-order valence-corrected chi connectivity index (χ1v) is 6.48. The van der Waals surface area contributed by atoms with Crippen LogP contribution in [0.2, 0.25) is 5.02 Å². The van der Waals surface area contributed by atoms with Crippen LogP contribution in [0.1, 0.15) is 36.4 Å². The third kappa shape index (κ3) is 3.79. The van der Waals surface area contributed by atoms with Crippen molar-refractivity contribution in [2.75, 3.05) is 0 Å². The standard InChI is InChI=1S/C13H15ClF3NO.ClH/c14-10-5-8(4-9(6-10)13(15,16)17)11(18)12(19)7-2-1-3-7;/h4-7,11-12,19H,1-3,18H2;1H/t11-,12+;/m0./s1. The Bertz CT molecular complexity index is 463. The van der Waals surface area contributed by atoms with Crippen molar-refractivity contribution in [3.05, 3.63) is 34.3 Å². The van der Waals surface area contributed by atoms with Crippen molar-refractivity contribution in [2.24, 2.45) is 11.7 Å². The van der Waals surface area contributed by atoms with E-state index in [1.54, 1.807) is 0 Å². The van der Waals surface area contributed by atoms with E-state index in [0.717, 1.165) is 31.4 Å². The molecule has 0 heterocycles. The smallest absolute Gasteiger partial charge is 0.391 e. The molecular weight excluding hydrogens is 314 g/mol. The fraction of sp³-hybridized carbons (Fsp3) is 0.538. The Labute approximate surface area is 126 Å². The Morgan fingerprint density at radius 1 is 1.25 bits per heavy atom. The van der Waals surface area contributed by atoms with Crippen LogP contribution in [-0.2, 0) is 6.18 Å². The highest BCUT2D eigenvalue weighted by Crippen LogP contribution is 2.37. The topological polar surface area (TPSA) is 46.2 Å². The minimum absolute atomic E-state index is 0. The second kappa shape index (κ2) is 6.52. The van der Waals surface area contributed by atoms with E-state index in [1.807, 2.05) is 0 Å². The van der Waals surface area contributed by atoms with Crippen LogP contribution in [0.4, 0.5) is 13.2 Å². The van der Waals surface area contributed by atoms with Crippen LogP contribution >= 0.6 is 24.0 Å².